The second-order valence-electron chi connectivity index (χ2n) is 5.57. The lowest BCUT2D eigenvalue weighted by molar-refractivity contribution is 0.271. The van der Waals surface area contributed by atoms with Crippen LogP contribution < -0.4 is 10.6 Å². The summed E-state index contributed by atoms with van der Waals surface area (Å²) in [6, 6.07) is 6.86. The van der Waals surface area contributed by atoms with Crippen LogP contribution in [0.25, 0.3) is 0 Å². The van der Waals surface area contributed by atoms with Crippen LogP contribution in [0.1, 0.15) is 25.8 Å². The topological polar surface area (TPSA) is 32.5 Å². The molecule has 0 saturated carbocycles. The van der Waals surface area contributed by atoms with Gasteiger partial charge in [-0.25, -0.2) is 0 Å². The number of hydrogen-bond acceptors (Lipinski definition) is 3. The summed E-state index contributed by atoms with van der Waals surface area (Å²) in [6.07, 6.45) is 1.99. The van der Waals surface area contributed by atoms with Gasteiger partial charge in [0.15, 0.2) is 0 Å². The number of nitrogens with two attached hydrogens (primary N) is 1. The van der Waals surface area contributed by atoms with Crippen LogP contribution in [-0.2, 0) is 6.42 Å². The fourth-order valence-corrected chi connectivity index (χ4v) is 3.08. The predicted molar refractivity (Wildman–Crippen MR) is 90.4 cm³/mol. The minimum atomic E-state index is 0.256. The number of halogens is 1. The quantitative estimate of drug-likeness (QED) is 0.895. The number of anilines is 1. The van der Waals surface area contributed by atoms with Gasteiger partial charge in [-0.3, -0.25) is 0 Å². The minimum absolute atomic E-state index is 0.256. The summed E-state index contributed by atoms with van der Waals surface area (Å²) in [6.45, 7) is 10.1. The number of piperazine rings is 1. The van der Waals surface area contributed by atoms with Crippen molar-refractivity contribution < 1.29 is 0 Å². The Morgan fingerprint density at radius 1 is 1.20 bits per heavy atom. The third-order valence-electron chi connectivity index (χ3n) is 4.21. The molecule has 1 saturated heterocycles. The third-order valence-corrected chi connectivity index (χ3v) is 4.71. The molecule has 1 heterocycles. The number of rotatable bonds is 5. The maximum Gasteiger partial charge on any atom is 0.0411 e. The van der Waals surface area contributed by atoms with Crippen LogP contribution in [0.4, 0.5) is 5.69 Å². The molecule has 1 aromatic carbocycles. The van der Waals surface area contributed by atoms with Crippen LogP contribution >= 0.6 is 15.9 Å². The molecule has 0 bridgehead atoms. The summed E-state index contributed by atoms with van der Waals surface area (Å²) in [7, 11) is 0. The molecule has 2 rings (SSSR count). The van der Waals surface area contributed by atoms with Crippen molar-refractivity contribution >= 4 is 21.6 Å². The van der Waals surface area contributed by atoms with Crippen molar-refractivity contribution in [2.45, 2.75) is 32.7 Å². The molecule has 0 radical (unpaired) electrons. The Hall–Kier alpha value is -0.580. The van der Waals surface area contributed by atoms with Crippen LogP contribution in [0.5, 0.6) is 0 Å². The summed E-state index contributed by atoms with van der Waals surface area (Å²) < 4.78 is 1.15. The molecule has 1 fully saturated rings. The molecule has 20 heavy (non-hydrogen) atoms. The van der Waals surface area contributed by atoms with Gasteiger partial charge in [0.25, 0.3) is 0 Å². The fraction of sp³-hybridized carbons (Fsp3) is 0.625. The number of hydrogen-bond donors (Lipinski definition) is 1. The minimum Gasteiger partial charge on any atom is -0.369 e. The Kier molecular flexibility index (Phi) is 5.87. The van der Waals surface area contributed by atoms with Crippen molar-refractivity contribution in [1.82, 2.24) is 4.90 Å². The van der Waals surface area contributed by atoms with E-state index in [0.29, 0.717) is 0 Å². The van der Waals surface area contributed by atoms with Gasteiger partial charge in [-0.1, -0.05) is 35.8 Å². The van der Waals surface area contributed by atoms with Crippen LogP contribution in [0, 0.1) is 0 Å². The molecule has 4 heteroatoms. The zero-order chi connectivity index (χ0) is 14.5. The number of nitrogens with zero attached hydrogens (tertiary/aromatic N) is 2. The van der Waals surface area contributed by atoms with Crippen LogP contribution in [-0.4, -0.2) is 43.7 Å². The molecule has 3 nitrogen and oxygen atoms in total. The van der Waals surface area contributed by atoms with Crippen molar-refractivity contribution in [1.29, 1.82) is 0 Å². The summed E-state index contributed by atoms with van der Waals surface area (Å²) in [5.41, 5.74) is 8.89. The zero-order valence-electron chi connectivity index (χ0n) is 12.6. The third kappa shape index (κ3) is 3.96. The molecule has 0 aromatic heterocycles. The molecule has 1 unspecified atom stereocenters. The first-order chi connectivity index (χ1) is 9.63. The van der Waals surface area contributed by atoms with Gasteiger partial charge in [0.2, 0.25) is 0 Å². The van der Waals surface area contributed by atoms with Gasteiger partial charge >= 0.3 is 0 Å². The van der Waals surface area contributed by atoms with E-state index >= 15 is 0 Å². The second kappa shape index (κ2) is 7.43. The van der Waals surface area contributed by atoms with E-state index in [9.17, 15) is 0 Å². The second-order valence-corrected chi connectivity index (χ2v) is 6.48. The van der Waals surface area contributed by atoms with Crippen LogP contribution in [0.3, 0.4) is 0 Å². The van der Waals surface area contributed by atoms with E-state index in [4.69, 9.17) is 5.73 Å². The fourth-order valence-electron chi connectivity index (χ4n) is 2.74. The molecule has 1 aliphatic heterocycles. The lowest BCUT2D eigenvalue weighted by Gasteiger charge is -2.36. The highest BCUT2D eigenvalue weighted by Crippen LogP contribution is 2.27. The molecule has 112 valence electrons. The van der Waals surface area contributed by atoms with Crippen molar-refractivity contribution in [3.8, 4) is 0 Å². The van der Waals surface area contributed by atoms with E-state index < -0.39 is 0 Å². The van der Waals surface area contributed by atoms with Crippen LogP contribution in [0.15, 0.2) is 22.7 Å². The summed E-state index contributed by atoms with van der Waals surface area (Å²) >= 11 is 3.60. The first-order valence-electron chi connectivity index (χ1n) is 7.65. The standard InChI is InChI=1S/C16H26BrN3/c1-3-15(18)11-13-5-6-14(17)12-16(13)20-9-7-19(4-2)8-10-20/h5-6,12,15H,3-4,7-11,18H2,1-2H3. The normalized spacial score (nSPS) is 18.3. The van der Waals surface area contributed by atoms with Crippen molar-refractivity contribution in [3.05, 3.63) is 28.2 Å². The monoisotopic (exact) mass is 339 g/mol. The van der Waals surface area contributed by atoms with Crippen LogP contribution in [0.2, 0.25) is 0 Å². The van der Waals surface area contributed by atoms with Crippen molar-refractivity contribution in [2.75, 3.05) is 37.6 Å². The van der Waals surface area contributed by atoms with E-state index in [1.54, 1.807) is 0 Å². The molecule has 2 N–H and O–H groups in total. The molecule has 0 aliphatic carbocycles. The zero-order valence-corrected chi connectivity index (χ0v) is 14.2. The molecular weight excluding hydrogens is 314 g/mol. The molecule has 0 spiro atoms. The van der Waals surface area contributed by atoms with Crippen molar-refractivity contribution in [3.63, 3.8) is 0 Å². The van der Waals surface area contributed by atoms with E-state index in [1.807, 2.05) is 0 Å². The maximum absolute atomic E-state index is 6.15. The first kappa shape index (κ1) is 15.8. The number of benzene rings is 1. The van der Waals surface area contributed by atoms with Crippen molar-refractivity contribution in [2.24, 2.45) is 5.73 Å². The Morgan fingerprint density at radius 2 is 1.90 bits per heavy atom. The van der Waals surface area contributed by atoms with Gasteiger partial charge < -0.3 is 15.5 Å². The average Bonchev–Trinajstić information content (AvgIpc) is 2.49. The van der Waals surface area contributed by atoms with E-state index in [-0.39, 0.29) is 6.04 Å². The lowest BCUT2D eigenvalue weighted by atomic mass is 10.0. The molecule has 1 aromatic rings. The summed E-state index contributed by atoms with van der Waals surface area (Å²) in [5.74, 6) is 0. The van der Waals surface area contributed by atoms with E-state index in [1.165, 1.54) is 11.3 Å². The van der Waals surface area contributed by atoms with Gasteiger partial charge in [0.05, 0.1) is 0 Å². The van der Waals surface area contributed by atoms with Gasteiger partial charge in [0, 0.05) is 42.4 Å². The molecule has 0 amide bonds. The number of likely N-dealkylation sites (N-methyl/N-ethyl adjacent to an activating group) is 1. The first-order valence-corrected chi connectivity index (χ1v) is 8.44. The molecule has 1 atom stereocenters. The largest absolute Gasteiger partial charge is 0.369 e. The SMILES string of the molecule is CCC(N)Cc1ccc(Br)cc1N1CCN(CC)CC1. The Balaban J connectivity index is 2.15. The highest BCUT2D eigenvalue weighted by atomic mass is 79.9. The van der Waals surface area contributed by atoms with Gasteiger partial charge in [-0.15, -0.1) is 0 Å². The average molecular weight is 340 g/mol. The van der Waals surface area contributed by atoms with E-state index in [2.05, 4.69) is 57.8 Å². The van der Waals surface area contributed by atoms with E-state index in [0.717, 1.165) is 50.0 Å². The highest BCUT2D eigenvalue weighted by molar-refractivity contribution is 9.10. The predicted octanol–water partition coefficient (Wildman–Crippen LogP) is 2.87. The van der Waals surface area contributed by atoms with Gasteiger partial charge in [-0.2, -0.15) is 0 Å². The Morgan fingerprint density at radius 3 is 2.50 bits per heavy atom. The van der Waals surface area contributed by atoms with Gasteiger partial charge in [0.1, 0.15) is 0 Å². The lowest BCUT2D eigenvalue weighted by Crippen LogP contribution is -2.46. The summed E-state index contributed by atoms with van der Waals surface area (Å²) in [5, 5.41) is 0. The maximum atomic E-state index is 6.15. The van der Waals surface area contributed by atoms with Gasteiger partial charge in [-0.05, 0) is 37.1 Å². The molecule has 1 aliphatic rings. The highest BCUT2D eigenvalue weighted by Gasteiger charge is 2.19. The smallest absolute Gasteiger partial charge is 0.0411 e. The summed E-state index contributed by atoms with van der Waals surface area (Å²) in [4.78, 5) is 5.01. The Labute approximate surface area is 131 Å². The molecular formula is C16H26BrN3. The Bertz CT molecular complexity index is 428.